The third-order valence-electron chi connectivity index (χ3n) is 6.00. The summed E-state index contributed by atoms with van der Waals surface area (Å²) in [5.41, 5.74) is 4.25. The fraction of sp³-hybridized carbons (Fsp3) is 0.435. The monoisotopic (exact) mass is 420 g/mol. The van der Waals surface area contributed by atoms with Crippen LogP contribution in [-0.2, 0) is 16.0 Å². The molecule has 8 heteroatoms. The average Bonchev–Trinajstić information content (AvgIpc) is 3.22. The van der Waals surface area contributed by atoms with Gasteiger partial charge in [-0.05, 0) is 30.0 Å². The number of hydrogen-bond donors (Lipinski definition) is 1. The molecule has 5 rings (SSSR count). The second-order valence-electron chi connectivity index (χ2n) is 8.14. The van der Waals surface area contributed by atoms with Crippen LogP contribution in [-0.4, -0.2) is 82.8 Å². The van der Waals surface area contributed by atoms with E-state index in [0.717, 1.165) is 55.1 Å². The Hall–Kier alpha value is -2.97. The molecule has 1 fully saturated rings. The minimum absolute atomic E-state index is 0.186. The van der Waals surface area contributed by atoms with Crippen molar-refractivity contribution in [2.24, 2.45) is 0 Å². The van der Waals surface area contributed by atoms with E-state index in [1.54, 1.807) is 4.52 Å². The Morgan fingerprint density at radius 3 is 2.94 bits per heavy atom. The molecule has 0 saturated carbocycles. The fourth-order valence-electron chi connectivity index (χ4n) is 4.27. The summed E-state index contributed by atoms with van der Waals surface area (Å²) in [6.45, 7) is 5.58. The minimum atomic E-state index is 0.186. The zero-order chi connectivity index (χ0) is 21.0. The molecule has 1 saturated heterocycles. The van der Waals surface area contributed by atoms with Crippen LogP contribution in [0.5, 0.6) is 0 Å². The SMILES string of the molecule is O=C(CN1CCOCC1)N1CCCc2cccc(c2)-c2cnn3ccc(nc23)NCC1. The number of nitrogens with zero attached hydrogens (tertiary/aromatic N) is 5. The molecule has 1 N–H and O–H groups in total. The normalized spacial score (nSPS) is 18.0. The Morgan fingerprint density at radius 2 is 2.03 bits per heavy atom. The van der Waals surface area contributed by atoms with Crippen LogP contribution in [0.25, 0.3) is 16.8 Å². The molecule has 1 amide bonds. The van der Waals surface area contributed by atoms with Gasteiger partial charge in [0.2, 0.25) is 5.91 Å². The fourth-order valence-corrected chi connectivity index (χ4v) is 4.27. The van der Waals surface area contributed by atoms with Crippen molar-refractivity contribution in [1.82, 2.24) is 24.4 Å². The van der Waals surface area contributed by atoms with Gasteiger partial charge in [0, 0.05) is 44.5 Å². The summed E-state index contributed by atoms with van der Waals surface area (Å²) in [6.07, 6.45) is 5.67. The largest absolute Gasteiger partial charge is 0.379 e. The lowest BCUT2D eigenvalue weighted by atomic mass is 10.0. The van der Waals surface area contributed by atoms with Crippen molar-refractivity contribution in [2.45, 2.75) is 12.8 Å². The maximum Gasteiger partial charge on any atom is 0.236 e. The molecule has 2 aliphatic rings. The zero-order valence-electron chi connectivity index (χ0n) is 17.7. The third-order valence-corrected chi connectivity index (χ3v) is 6.00. The highest BCUT2D eigenvalue weighted by Crippen LogP contribution is 2.25. The molecule has 0 aliphatic carbocycles. The van der Waals surface area contributed by atoms with Crippen molar-refractivity contribution in [3.05, 3.63) is 48.3 Å². The molecular formula is C23H28N6O2. The van der Waals surface area contributed by atoms with E-state index in [2.05, 4.69) is 39.6 Å². The van der Waals surface area contributed by atoms with Crippen molar-refractivity contribution in [1.29, 1.82) is 0 Å². The molecule has 31 heavy (non-hydrogen) atoms. The maximum absolute atomic E-state index is 13.0. The standard InChI is InChI=1S/C23H28N6O2/c30-22(17-27-11-13-31-14-12-27)28-8-2-4-18-3-1-5-19(15-18)20-16-25-29-9-6-21(24-7-10-28)26-23(20)29/h1,3,5-6,9,15-16H,2,4,7-8,10-14,17H2,(H,24,26). The molecule has 4 bridgehead atoms. The Kier molecular flexibility index (Phi) is 5.82. The number of fused-ring (bicyclic) bond motifs is 4. The summed E-state index contributed by atoms with van der Waals surface area (Å²) in [5.74, 6) is 0.981. The molecule has 0 spiro atoms. The lowest BCUT2D eigenvalue weighted by Crippen LogP contribution is -2.46. The second kappa shape index (κ2) is 9.03. The number of aryl methyl sites for hydroxylation is 1. The van der Waals surface area contributed by atoms with Gasteiger partial charge in [0.1, 0.15) is 5.82 Å². The summed E-state index contributed by atoms with van der Waals surface area (Å²) < 4.78 is 7.21. The van der Waals surface area contributed by atoms with E-state index < -0.39 is 0 Å². The van der Waals surface area contributed by atoms with Crippen molar-refractivity contribution >= 4 is 17.4 Å². The van der Waals surface area contributed by atoms with Crippen LogP contribution in [0.1, 0.15) is 12.0 Å². The number of amides is 1. The molecule has 0 atom stereocenters. The number of carbonyl (C=O) groups excluding carboxylic acids is 1. The van der Waals surface area contributed by atoms with Gasteiger partial charge in [-0.3, -0.25) is 9.69 Å². The quantitative estimate of drug-likeness (QED) is 0.683. The maximum atomic E-state index is 13.0. The van der Waals surface area contributed by atoms with Gasteiger partial charge in [-0.2, -0.15) is 5.10 Å². The highest BCUT2D eigenvalue weighted by Gasteiger charge is 2.19. The lowest BCUT2D eigenvalue weighted by Gasteiger charge is -2.30. The van der Waals surface area contributed by atoms with Crippen LogP contribution in [0.3, 0.4) is 0 Å². The van der Waals surface area contributed by atoms with E-state index in [9.17, 15) is 4.79 Å². The minimum Gasteiger partial charge on any atom is -0.379 e. The van der Waals surface area contributed by atoms with Gasteiger partial charge in [0.15, 0.2) is 5.65 Å². The zero-order valence-corrected chi connectivity index (χ0v) is 17.7. The number of hydrogen-bond acceptors (Lipinski definition) is 6. The van der Waals surface area contributed by atoms with Crippen LogP contribution in [0.4, 0.5) is 5.82 Å². The Morgan fingerprint density at radius 1 is 1.13 bits per heavy atom. The number of benzene rings is 1. The number of rotatable bonds is 2. The van der Waals surface area contributed by atoms with Gasteiger partial charge >= 0.3 is 0 Å². The number of carbonyl (C=O) groups is 1. The van der Waals surface area contributed by atoms with Crippen molar-refractivity contribution in [2.75, 3.05) is 57.8 Å². The van der Waals surface area contributed by atoms with Crippen LogP contribution >= 0.6 is 0 Å². The number of ether oxygens (including phenoxy) is 1. The molecule has 0 radical (unpaired) electrons. The summed E-state index contributed by atoms with van der Waals surface area (Å²) >= 11 is 0. The molecule has 1 aromatic carbocycles. The first-order valence-electron chi connectivity index (χ1n) is 11.0. The number of aromatic nitrogens is 3. The summed E-state index contributed by atoms with van der Waals surface area (Å²) in [7, 11) is 0. The molecule has 8 nitrogen and oxygen atoms in total. The van der Waals surface area contributed by atoms with Gasteiger partial charge in [-0.25, -0.2) is 9.50 Å². The number of morpholine rings is 1. The van der Waals surface area contributed by atoms with Gasteiger partial charge in [0.05, 0.1) is 26.0 Å². The highest BCUT2D eigenvalue weighted by molar-refractivity contribution is 5.79. The predicted molar refractivity (Wildman–Crippen MR) is 119 cm³/mol. The molecule has 3 aromatic rings. The first-order chi connectivity index (χ1) is 15.3. The van der Waals surface area contributed by atoms with Crippen molar-refractivity contribution < 1.29 is 9.53 Å². The van der Waals surface area contributed by atoms with E-state index in [1.165, 1.54) is 5.56 Å². The number of anilines is 1. The van der Waals surface area contributed by atoms with Gasteiger partial charge in [-0.15, -0.1) is 0 Å². The summed E-state index contributed by atoms with van der Waals surface area (Å²) in [4.78, 5) is 22.0. The van der Waals surface area contributed by atoms with Crippen molar-refractivity contribution in [3.8, 4) is 11.1 Å². The Labute approximate surface area is 181 Å². The van der Waals surface area contributed by atoms with Gasteiger partial charge in [-0.1, -0.05) is 24.3 Å². The number of nitrogens with one attached hydrogen (secondary N) is 1. The second-order valence-corrected chi connectivity index (χ2v) is 8.14. The van der Waals surface area contributed by atoms with E-state index in [0.29, 0.717) is 32.8 Å². The van der Waals surface area contributed by atoms with Gasteiger partial charge in [0.25, 0.3) is 0 Å². The first kappa shape index (κ1) is 20.0. The van der Waals surface area contributed by atoms with Crippen LogP contribution in [0.2, 0.25) is 0 Å². The summed E-state index contributed by atoms with van der Waals surface area (Å²) in [6, 6.07) is 10.5. The molecular weight excluding hydrogens is 392 g/mol. The molecule has 2 aromatic heterocycles. The van der Waals surface area contributed by atoms with Crippen LogP contribution < -0.4 is 5.32 Å². The Bertz CT molecular complexity index is 1060. The predicted octanol–water partition coefficient (Wildman–Crippen LogP) is 1.92. The van der Waals surface area contributed by atoms with Crippen LogP contribution in [0, 0.1) is 0 Å². The van der Waals surface area contributed by atoms with E-state index in [4.69, 9.17) is 9.72 Å². The molecule has 4 heterocycles. The average molecular weight is 421 g/mol. The summed E-state index contributed by atoms with van der Waals surface area (Å²) in [5, 5.41) is 7.84. The molecule has 0 unspecified atom stereocenters. The van der Waals surface area contributed by atoms with E-state index in [-0.39, 0.29) is 5.91 Å². The molecule has 2 aliphatic heterocycles. The van der Waals surface area contributed by atoms with Crippen LogP contribution in [0.15, 0.2) is 42.7 Å². The Balaban J connectivity index is 1.38. The lowest BCUT2D eigenvalue weighted by molar-refractivity contribution is -0.133. The highest BCUT2D eigenvalue weighted by atomic mass is 16.5. The first-order valence-corrected chi connectivity index (χ1v) is 11.0. The van der Waals surface area contributed by atoms with E-state index in [1.807, 2.05) is 23.4 Å². The topological polar surface area (TPSA) is 75.0 Å². The smallest absolute Gasteiger partial charge is 0.236 e. The van der Waals surface area contributed by atoms with Gasteiger partial charge < -0.3 is 15.0 Å². The van der Waals surface area contributed by atoms with E-state index >= 15 is 0 Å². The third kappa shape index (κ3) is 4.55. The molecule has 162 valence electrons. The van der Waals surface area contributed by atoms with Crippen molar-refractivity contribution in [3.63, 3.8) is 0 Å².